The zero-order valence-electron chi connectivity index (χ0n) is 10.8. The standard InChI is InChI=1S/C15H14ClNO2/c1-18-14-8-7-11(9-15(14)19-2)10-17-13-6-4-3-5-12(13)16/h3-10H,1-2H3. The molecule has 2 aromatic carbocycles. The number of methoxy groups -OCH3 is 2. The van der Waals surface area contributed by atoms with Gasteiger partial charge in [0.1, 0.15) is 0 Å². The lowest BCUT2D eigenvalue weighted by molar-refractivity contribution is 0.355. The molecule has 0 aromatic heterocycles. The fraction of sp³-hybridized carbons (Fsp3) is 0.133. The van der Waals surface area contributed by atoms with E-state index in [0.717, 1.165) is 11.3 Å². The quantitative estimate of drug-likeness (QED) is 0.786. The third-order valence-electron chi connectivity index (χ3n) is 2.61. The number of rotatable bonds is 4. The number of aliphatic imine (C=N–C) groups is 1. The maximum atomic E-state index is 6.04. The van der Waals surface area contributed by atoms with Gasteiger partial charge in [0.25, 0.3) is 0 Å². The zero-order chi connectivity index (χ0) is 13.7. The normalized spacial score (nSPS) is 10.7. The van der Waals surface area contributed by atoms with Crippen LogP contribution in [-0.2, 0) is 0 Å². The van der Waals surface area contributed by atoms with Crippen LogP contribution in [0.4, 0.5) is 5.69 Å². The van der Waals surface area contributed by atoms with Gasteiger partial charge < -0.3 is 9.47 Å². The number of hydrogen-bond donors (Lipinski definition) is 0. The van der Waals surface area contributed by atoms with Crippen molar-refractivity contribution in [1.29, 1.82) is 0 Å². The lowest BCUT2D eigenvalue weighted by atomic mass is 10.2. The maximum absolute atomic E-state index is 6.04. The van der Waals surface area contributed by atoms with Crippen molar-refractivity contribution in [3.05, 3.63) is 53.1 Å². The molecule has 0 aliphatic rings. The maximum Gasteiger partial charge on any atom is 0.161 e. The van der Waals surface area contributed by atoms with Crippen molar-refractivity contribution in [2.75, 3.05) is 14.2 Å². The van der Waals surface area contributed by atoms with E-state index in [9.17, 15) is 0 Å². The second-order valence-corrected chi connectivity index (χ2v) is 4.23. The van der Waals surface area contributed by atoms with Crippen molar-refractivity contribution < 1.29 is 9.47 Å². The van der Waals surface area contributed by atoms with Crippen molar-refractivity contribution in [2.24, 2.45) is 4.99 Å². The van der Waals surface area contributed by atoms with Gasteiger partial charge in [-0.15, -0.1) is 0 Å². The molecule has 0 aliphatic carbocycles. The molecule has 0 N–H and O–H groups in total. The summed E-state index contributed by atoms with van der Waals surface area (Å²) in [5.41, 5.74) is 1.65. The van der Waals surface area contributed by atoms with Crippen LogP contribution in [0.3, 0.4) is 0 Å². The van der Waals surface area contributed by atoms with Crippen LogP contribution >= 0.6 is 11.6 Å². The summed E-state index contributed by atoms with van der Waals surface area (Å²) >= 11 is 6.04. The summed E-state index contributed by atoms with van der Waals surface area (Å²) in [4.78, 5) is 4.35. The summed E-state index contributed by atoms with van der Waals surface area (Å²) in [6.45, 7) is 0. The fourth-order valence-corrected chi connectivity index (χ4v) is 1.82. The van der Waals surface area contributed by atoms with Gasteiger partial charge in [0.15, 0.2) is 11.5 Å². The van der Waals surface area contributed by atoms with Gasteiger partial charge in [0, 0.05) is 6.21 Å². The molecule has 0 aliphatic heterocycles. The van der Waals surface area contributed by atoms with Crippen LogP contribution in [0.25, 0.3) is 0 Å². The number of benzene rings is 2. The van der Waals surface area contributed by atoms with Gasteiger partial charge in [0.2, 0.25) is 0 Å². The highest BCUT2D eigenvalue weighted by molar-refractivity contribution is 6.33. The summed E-state index contributed by atoms with van der Waals surface area (Å²) < 4.78 is 10.4. The Bertz CT molecular complexity index is 596. The first-order valence-corrected chi connectivity index (χ1v) is 6.13. The molecule has 0 amide bonds. The van der Waals surface area contributed by atoms with E-state index in [1.807, 2.05) is 42.5 Å². The summed E-state index contributed by atoms with van der Waals surface area (Å²) in [5, 5.41) is 0.624. The van der Waals surface area contributed by atoms with E-state index in [-0.39, 0.29) is 0 Å². The Balaban J connectivity index is 2.26. The van der Waals surface area contributed by atoms with Crippen LogP contribution in [0.1, 0.15) is 5.56 Å². The Morgan fingerprint density at radius 3 is 2.42 bits per heavy atom. The van der Waals surface area contributed by atoms with E-state index in [4.69, 9.17) is 21.1 Å². The minimum absolute atomic E-state index is 0.624. The number of nitrogens with zero attached hydrogens (tertiary/aromatic N) is 1. The zero-order valence-corrected chi connectivity index (χ0v) is 11.5. The molecule has 0 atom stereocenters. The van der Waals surface area contributed by atoms with Crippen LogP contribution < -0.4 is 9.47 Å². The average molecular weight is 276 g/mol. The van der Waals surface area contributed by atoms with Crippen LogP contribution in [0.2, 0.25) is 5.02 Å². The highest BCUT2D eigenvalue weighted by atomic mass is 35.5. The Labute approximate surface area is 117 Å². The Hall–Kier alpha value is -2.00. The molecule has 0 fully saturated rings. The highest BCUT2D eigenvalue weighted by Gasteiger charge is 2.03. The van der Waals surface area contributed by atoms with Gasteiger partial charge in [-0.2, -0.15) is 0 Å². The Kier molecular flexibility index (Phi) is 4.42. The van der Waals surface area contributed by atoms with E-state index >= 15 is 0 Å². The summed E-state index contributed by atoms with van der Waals surface area (Å²) in [7, 11) is 3.21. The van der Waals surface area contributed by atoms with Crippen molar-refractivity contribution in [3.8, 4) is 11.5 Å². The van der Waals surface area contributed by atoms with E-state index in [2.05, 4.69) is 4.99 Å². The first-order valence-electron chi connectivity index (χ1n) is 5.75. The first-order chi connectivity index (χ1) is 9.24. The number of halogens is 1. The summed E-state index contributed by atoms with van der Waals surface area (Å²) in [5.74, 6) is 1.36. The van der Waals surface area contributed by atoms with Gasteiger partial charge >= 0.3 is 0 Å². The van der Waals surface area contributed by atoms with Crippen LogP contribution in [0.5, 0.6) is 11.5 Å². The number of hydrogen-bond acceptors (Lipinski definition) is 3. The van der Waals surface area contributed by atoms with Gasteiger partial charge in [-0.05, 0) is 35.9 Å². The monoisotopic (exact) mass is 275 g/mol. The predicted octanol–water partition coefficient (Wildman–Crippen LogP) is 4.11. The summed E-state index contributed by atoms with van der Waals surface area (Å²) in [6.07, 6.45) is 1.74. The Morgan fingerprint density at radius 1 is 1.00 bits per heavy atom. The number of ether oxygens (including phenoxy) is 2. The molecule has 2 rings (SSSR count). The van der Waals surface area contributed by atoms with Crippen molar-refractivity contribution in [3.63, 3.8) is 0 Å². The lowest BCUT2D eigenvalue weighted by Gasteiger charge is -2.07. The molecule has 0 saturated heterocycles. The van der Waals surface area contributed by atoms with Gasteiger partial charge in [-0.25, -0.2) is 0 Å². The van der Waals surface area contributed by atoms with Crippen molar-refractivity contribution in [2.45, 2.75) is 0 Å². The molecule has 0 bridgehead atoms. The molecule has 4 heteroatoms. The molecule has 19 heavy (non-hydrogen) atoms. The minimum Gasteiger partial charge on any atom is -0.493 e. The van der Waals surface area contributed by atoms with Crippen molar-refractivity contribution in [1.82, 2.24) is 0 Å². The predicted molar refractivity (Wildman–Crippen MR) is 78.3 cm³/mol. The van der Waals surface area contributed by atoms with Crippen molar-refractivity contribution >= 4 is 23.5 Å². The molecular weight excluding hydrogens is 262 g/mol. The van der Waals surface area contributed by atoms with Crippen LogP contribution in [-0.4, -0.2) is 20.4 Å². The number of para-hydroxylation sites is 1. The fourth-order valence-electron chi connectivity index (χ4n) is 1.63. The second kappa shape index (κ2) is 6.25. The Morgan fingerprint density at radius 2 is 1.74 bits per heavy atom. The molecule has 3 nitrogen and oxygen atoms in total. The molecule has 98 valence electrons. The van der Waals surface area contributed by atoms with Gasteiger partial charge in [-0.1, -0.05) is 23.7 Å². The van der Waals surface area contributed by atoms with E-state index in [1.165, 1.54) is 0 Å². The third-order valence-corrected chi connectivity index (χ3v) is 2.93. The van der Waals surface area contributed by atoms with E-state index < -0.39 is 0 Å². The van der Waals surface area contributed by atoms with Crippen LogP contribution in [0, 0.1) is 0 Å². The molecule has 0 radical (unpaired) electrons. The third kappa shape index (κ3) is 3.26. The SMILES string of the molecule is COc1ccc(C=Nc2ccccc2Cl)cc1OC. The molecule has 0 spiro atoms. The first kappa shape index (κ1) is 13.4. The largest absolute Gasteiger partial charge is 0.493 e. The second-order valence-electron chi connectivity index (χ2n) is 3.82. The van der Waals surface area contributed by atoms with E-state index in [0.29, 0.717) is 16.5 Å². The molecule has 2 aromatic rings. The lowest BCUT2D eigenvalue weighted by Crippen LogP contribution is -1.91. The topological polar surface area (TPSA) is 30.8 Å². The molecule has 0 unspecified atom stereocenters. The highest BCUT2D eigenvalue weighted by Crippen LogP contribution is 2.28. The molecule has 0 saturated carbocycles. The molecular formula is C15H14ClNO2. The smallest absolute Gasteiger partial charge is 0.161 e. The summed E-state index contributed by atoms with van der Waals surface area (Å²) in [6, 6.07) is 13.0. The van der Waals surface area contributed by atoms with Gasteiger partial charge in [-0.3, -0.25) is 4.99 Å². The van der Waals surface area contributed by atoms with E-state index in [1.54, 1.807) is 20.4 Å². The van der Waals surface area contributed by atoms with Crippen LogP contribution in [0.15, 0.2) is 47.5 Å². The average Bonchev–Trinajstić information content (AvgIpc) is 2.46. The van der Waals surface area contributed by atoms with Gasteiger partial charge in [0.05, 0.1) is 24.9 Å². The molecule has 0 heterocycles. The minimum atomic E-state index is 0.624.